The zero-order chi connectivity index (χ0) is 12.1. The first-order chi connectivity index (χ1) is 6.66. The topological polar surface area (TPSA) is 55.7 Å². The average molecular weight is 213 g/mol. The van der Waals surface area contributed by atoms with Crippen LogP contribution in [0.2, 0.25) is 0 Å². The lowest BCUT2D eigenvalue weighted by Crippen LogP contribution is -2.26. The van der Waals surface area contributed by atoms with Crippen LogP contribution in [0.25, 0.3) is 0 Å². The van der Waals surface area contributed by atoms with Crippen LogP contribution >= 0.6 is 0 Å². The van der Waals surface area contributed by atoms with E-state index in [1.54, 1.807) is 13.8 Å². The summed E-state index contributed by atoms with van der Waals surface area (Å²) in [7, 11) is 0. The standard InChI is InChI=1S/C11H19NO3/c1-10(2,3)15-9(14)6-7-11(4,5)12-8-13/h6-7H2,1-5H3. The Morgan fingerprint density at radius 2 is 1.80 bits per heavy atom. The molecule has 4 heteroatoms. The number of hydrogen-bond donors (Lipinski definition) is 0. The van der Waals surface area contributed by atoms with Gasteiger partial charge in [0.2, 0.25) is 6.08 Å². The van der Waals surface area contributed by atoms with Crippen LogP contribution in [-0.4, -0.2) is 23.2 Å². The minimum atomic E-state index is -0.543. The molecule has 0 aliphatic rings. The van der Waals surface area contributed by atoms with Crippen LogP contribution in [0.4, 0.5) is 0 Å². The fourth-order valence-electron chi connectivity index (χ4n) is 0.980. The van der Waals surface area contributed by atoms with E-state index in [-0.39, 0.29) is 12.4 Å². The highest BCUT2D eigenvalue weighted by atomic mass is 16.6. The first-order valence-electron chi connectivity index (χ1n) is 4.97. The summed E-state index contributed by atoms with van der Waals surface area (Å²) in [6.45, 7) is 9.02. The second kappa shape index (κ2) is 5.08. The van der Waals surface area contributed by atoms with Gasteiger partial charge in [-0.2, -0.15) is 4.99 Å². The molecule has 0 heterocycles. The molecule has 0 aliphatic carbocycles. The maximum absolute atomic E-state index is 11.3. The summed E-state index contributed by atoms with van der Waals surface area (Å²) in [5, 5.41) is 0. The van der Waals surface area contributed by atoms with Crippen molar-refractivity contribution < 1.29 is 14.3 Å². The van der Waals surface area contributed by atoms with E-state index >= 15 is 0 Å². The van der Waals surface area contributed by atoms with E-state index in [0.29, 0.717) is 6.42 Å². The average Bonchev–Trinajstić information content (AvgIpc) is 1.98. The van der Waals surface area contributed by atoms with Gasteiger partial charge in [-0.25, -0.2) is 4.79 Å². The maximum Gasteiger partial charge on any atom is 0.306 e. The Labute approximate surface area is 90.7 Å². The molecule has 0 rings (SSSR count). The number of rotatable bonds is 4. The van der Waals surface area contributed by atoms with Crippen LogP contribution in [0.5, 0.6) is 0 Å². The molecule has 15 heavy (non-hydrogen) atoms. The third-order valence-corrected chi connectivity index (χ3v) is 1.71. The minimum absolute atomic E-state index is 0.259. The van der Waals surface area contributed by atoms with E-state index in [2.05, 4.69) is 4.99 Å². The van der Waals surface area contributed by atoms with E-state index in [9.17, 15) is 9.59 Å². The van der Waals surface area contributed by atoms with Crippen LogP contribution in [0.1, 0.15) is 47.5 Å². The zero-order valence-electron chi connectivity index (χ0n) is 10.1. The van der Waals surface area contributed by atoms with Gasteiger partial charge >= 0.3 is 5.97 Å². The largest absolute Gasteiger partial charge is 0.460 e. The van der Waals surface area contributed by atoms with Gasteiger partial charge in [0, 0.05) is 6.42 Å². The van der Waals surface area contributed by atoms with Gasteiger partial charge in [0.05, 0.1) is 5.54 Å². The Morgan fingerprint density at radius 1 is 1.27 bits per heavy atom. The van der Waals surface area contributed by atoms with E-state index in [0.717, 1.165) is 0 Å². The molecule has 0 fully saturated rings. The van der Waals surface area contributed by atoms with Gasteiger partial charge in [-0.1, -0.05) is 0 Å². The van der Waals surface area contributed by atoms with Crippen LogP contribution < -0.4 is 0 Å². The third kappa shape index (κ3) is 7.89. The Morgan fingerprint density at radius 3 is 2.20 bits per heavy atom. The molecule has 0 amide bonds. The van der Waals surface area contributed by atoms with Crippen LogP contribution in [-0.2, 0) is 14.3 Å². The summed E-state index contributed by atoms with van der Waals surface area (Å²) < 4.78 is 5.13. The van der Waals surface area contributed by atoms with Crippen LogP contribution in [0.15, 0.2) is 4.99 Å². The number of carbonyl (C=O) groups excluding carboxylic acids is 2. The fraction of sp³-hybridized carbons (Fsp3) is 0.818. The maximum atomic E-state index is 11.3. The van der Waals surface area contributed by atoms with Gasteiger partial charge in [0.15, 0.2) is 0 Å². The van der Waals surface area contributed by atoms with Crippen LogP contribution in [0, 0.1) is 0 Å². The van der Waals surface area contributed by atoms with Crippen molar-refractivity contribution in [3.05, 3.63) is 0 Å². The highest BCUT2D eigenvalue weighted by Crippen LogP contribution is 2.17. The molecule has 0 aromatic carbocycles. The third-order valence-electron chi connectivity index (χ3n) is 1.71. The second-order valence-corrected chi connectivity index (χ2v) is 5.10. The summed E-state index contributed by atoms with van der Waals surface area (Å²) >= 11 is 0. The molecular weight excluding hydrogens is 194 g/mol. The quantitative estimate of drug-likeness (QED) is 0.409. The van der Waals surface area contributed by atoms with Crippen LogP contribution in [0.3, 0.4) is 0 Å². The lowest BCUT2D eigenvalue weighted by atomic mass is 9.99. The number of carbonyl (C=O) groups is 1. The molecule has 0 unspecified atom stereocenters. The number of esters is 1. The first-order valence-corrected chi connectivity index (χ1v) is 4.97. The molecule has 0 bridgehead atoms. The molecule has 0 saturated carbocycles. The number of ether oxygens (including phenoxy) is 1. The smallest absolute Gasteiger partial charge is 0.306 e. The van der Waals surface area contributed by atoms with Crippen molar-refractivity contribution in [1.29, 1.82) is 0 Å². The van der Waals surface area contributed by atoms with Crippen molar-refractivity contribution in [2.45, 2.75) is 58.6 Å². The molecule has 0 aromatic heterocycles. The second-order valence-electron chi connectivity index (χ2n) is 5.10. The zero-order valence-corrected chi connectivity index (χ0v) is 10.1. The van der Waals surface area contributed by atoms with Gasteiger partial charge in [-0.3, -0.25) is 4.79 Å². The Kier molecular flexibility index (Phi) is 4.69. The van der Waals surface area contributed by atoms with Crippen molar-refractivity contribution in [2.24, 2.45) is 4.99 Å². The molecule has 4 nitrogen and oxygen atoms in total. The van der Waals surface area contributed by atoms with Gasteiger partial charge in [-0.05, 0) is 41.0 Å². The summed E-state index contributed by atoms with van der Waals surface area (Å²) in [5.41, 5.74) is -1.01. The Hall–Kier alpha value is -1.15. The first kappa shape index (κ1) is 13.8. The molecule has 0 aliphatic heterocycles. The molecule has 86 valence electrons. The van der Waals surface area contributed by atoms with E-state index in [1.165, 1.54) is 6.08 Å². The highest BCUT2D eigenvalue weighted by Gasteiger charge is 2.21. The number of hydrogen-bond acceptors (Lipinski definition) is 4. The molecule has 0 N–H and O–H groups in total. The summed E-state index contributed by atoms with van der Waals surface area (Å²) in [5.74, 6) is -0.267. The van der Waals surface area contributed by atoms with E-state index in [4.69, 9.17) is 4.74 Å². The molecule has 0 saturated heterocycles. The molecular formula is C11H19NO3. The molecule has 0 atom stereocenters. The lowest BCUT2D eigenvalue weighted by Gasteiger charge is -2.21. The minimum Gasteiger partial charge on any atom is -0.460 e. The fourth-order valence-corrected chi connectivity index (χ4v) is 0.980. The predicted molar refractivity (Wildman–Crippen MR) is 57.3 cm³/mol. The van der Waals surface area contributed by atoms with Gasteiger partial charge in [-0.15, -0.1) is 0 Å². The van der Waals surface area contributed by atoms with Gasteiger partial charge in [0.1, 0.15) is 5.60 Å². The Balaban J connectivity index is 4.07. The summed E-state index contributed by atoms with van der Waals surface area (Å²) in [6.07, 6.45) is 2.25. The highest BCUT2D eigenvalue weighted by molar-refractivity contribution is 5.69. The van der Waals surface area contributed by atoms with Gasteiger partial charge in [0.25, 0.3) is 0 Å². The number of aliphatic imine (C=N–C) groups is 1. The summed E-state index contributed by atoms with van der Waals surface area (Å²) in [4.78, 5) is 25.0. The lowest BCUT2D eigenvalue weighted by molar-refractivity contribution is -0.155. The number of nitrogens with zero attached hydrogens (tertiary/aromatic N) is 1. The predicted octanol–water partition coefficient (Wildman–Crippen LogP) is 2.22. The molecule has 0 spiro atoms. The van der Waals surface area contributed by atoms with E-state index < -0.39 is 11.1 Å². The summed E-state index contributed by atoms with van der Waals surface area (Å²) in [6, 6.07) is 0. The molecule has 0 radical (unpaired) electrons. The SMILES string of the molecule is CC(C)(CCC(=O)OC(C)(C)C)N=C=O. The monoisotopic (exact) mass is 213 g/mol. The Bertz CT molecular complexity index is 270. The van der Waals surface area contributed by atoms with Crippen molar-refractivity contribution in [3.63, 3.8) is 0 Å². The molecule has 0 aromatic rings. The van der Waals surface area contributed by atoms with Crippen molar-refractivity contribution in [2.75, 3.05) is 0 Å². The van der Waals surface area contributed by atoms with Crippen molar-refractivity contribution >= 4 is 12.0 Å². The van der Waals surface area contributed by atoms with Crippen molar-refractivity contribution in [1.82, 2.24) is 0 Å². The number of isocyanates is 1. The van der Waals surface area contributed by atoms with Crippen molar-refractivity contribution in [3.8, 4) is 0 Å². The normalized spacial score (nSPS) is 11.8. The van der Waals surface area contributed by atoms with Gasteiger partial charge < -0.3 is 4.74 Å². The van der Waals surface area contributed by atoms with E-state index in [1.807, 2.05) is 20.8 Å².